The first kappa shape index (κ1) is 71.0. The molecule has 0 aromatic rings. The number of esters is 2. The second-order valence-corrected chi connectivity index (χ2v) is 8.73. The molecule has 60 heavy (non-hydrogen) atoms. The number of aliphatic hydroxyl groups is 1. The predicted octanol–water partition coefficient (Wildman–Crippen LogP) is 0.421. The highest BCUT2D eigenvalue weighted by Crippen LogP contribution is 1.94. The molecule has 0 bridgehead atoms. The van der Waals surface area contributed by atoms with Gasteiger partial charge in [-0.1, -0.05) is 6.47 Å². The normalized spacial score (nSPS) is 8.20. The number of methoxy groups -OCH3 is 1. The van der Waals surface area contributed by atoms with E-state index in [0.29, 0.717) is 39.5 Å². The van der Waals surface area contributed by atoms with Crippen LogP contribution in [0.4, 0.5) is 9.59 Å². The number of aliphatic hydroxyl groups excluding tert-OH is 2. The van der Waals surface area contributed by atoms with Gasteiger partial charge in [-0.2, -0.15) is 0 Å². The summed E-state index contributed by atoms with van der Waals surface area (Å²) >= 11 is 0. The first-order valence-electron chi connectivity index (χ1n) is 16.9. The minimum atomic E-state index is -1.33. The van der Waals surface area contributed by atoms with Gasteiger partial charge < -0.3 is 88.4 Å². The summed E-state index contributed by atoms with van der Waals surface area (Å²) in [6, 6.07) is 0. The fourth-order valence-corrected chi connectivity index (χ4v) is 1.83. The number of carboxylic acids is 6. The van der Waals surface area contributed by atoms with Crippen LogP contribution in [0.2, 0.25) is 0 Å². The van der Waals surface area contributed by atoms with Crippen LogP contribution in [0.5, 0.6) is 0 Å². The Balaban J connectivity index is -0.0000000882. The first-order valence-corrected chi connectivity index (χ1v) is 16.9. The molecule has 0 unspecified atom stereocenters. The standard InChI is InChI=1S/C6H8O6.C6H10O4.2C5H10O3.2C4H6O4.C2H6O.CHO2/c1-11-6(10)12-5(9)3-2-4(7)8;1-2-10-6(9)4-3-5(7)8;2*1-3-7-5(6)8-4-2;2*5-3(6)1-2-4(7)8;1-2-3;2-1-3/h2-3H2,1H3,(H,7,8);2-4H2,1H3,(H,7,8);2*3-4H2,1-2H3;2*1-2H2,(H,5,6)(H,7,8);3H,2H2,1H3;(H,2,3)/q;;;;;;;-1. The molecule has 0 amide bonds. The molecule has 0 heterocycles. The second-order valence-electron chi connectivity index (χ2n) is 8.73. The third-order valence-electron chi connectivity index (χ3n) is 3.91. The van der Waals surface area contributed by atoms with Gasteiger partial charge in [0.2, 0.25) is 0 Å². The Morgan fingerprint density at radius 2 is 0.767 bits per heavy atom. The summed E-state index contributed by atoms with van der Waals surface area (Å²) in [4.78, 5) is 116. The van der Waals surface area contributed by atoms with Gasteiger partial charge in [0.15, 0.2) is 13.2 Å². The molecule has 8 N–H and O–H groups in total. The lowest BCUT2D eigenvalue weighted by molar-refractivity contribution is -0.305. The van der Waals surface area contributed by atoms with Crippen LogP contribution < -0.4 is 5.11 Å². The number of rotatable bonds is 17. The number of hydrogen-bond donors (Lipinski definition) is 7. The topological polar surface area (TPSA) is 438 Å². The van der Waals surface area contributed by atoms with Crippen molar-refractivity contribution in [2.75, 3.05) is 46.8 Å². The smallest absolute Gasteiger partial charge is 0.665 e. The van der Waals surface area contributed by atoms with E-state index >= 15 is 0 Å². The summed E-state index contributed by atoms with van der Waals surface area (Å²) in [6.07, 6.45) is -4.32. The summed E-state index contributed by atoms with van der Waals surface area (Å²) in [6.45, 7) is 13.0. The molecule has 0 atom stereocenters. The SMILES string of the molecule is CCO.CCOC(=O)CCC(=O)O.CCOC(=O)OCC.CCOC(=[OH+])OCC.COC(=O)OC(=O)CCC(=O)O.O=C(O)CCC(=O)O.O=C([O-])CCC(=O)O.O=[C-]O. The number of ether oxygens (including phenoxy) is 7. The lowest BCUT2D eigenvalue weighted by Crippen LogP contribution is -2.22. The quantitative estimate of drug-likeness (QED) is 0.0342. The Hall–Kier alpha value is -6.80. The van der Waals surface area contributed by atoms with E-state index in [9.17, 15) is 53.1 Å². The highest BCUT2D eigenvalue weighted by Gasteiger charge is 2.11. The highest BCUT2D eigenvalue weighted by molar-refractivity contribution is 5.84. The van der Waals surface area contributed by atoms with Crippen molar-refractivity contribution in [1.82, 2.24) is 0 Å². The lowest BCUT2D eigenvalue weighted by atomic mass is 10.3. The molecule has 27 heteroatoms. The zero-order valence-corrected chi connectivity index (χ0v) is 34.2. The molecule has 0 aromatic carbocycles. The zero-order valence-electron chi connectivity index (χ0n) is 34.2. The van der Waals surface area contributed by atoms with Gasteiger partial charge in [-0.15, -0.1) is 0 Å². The van der Waals surface area contributed by atoms with E-state index in [1.165, 1.54) is 0 Å². The molecular formula is C33H57O27-. The fraction of sp³-hybridized carbons (Fsp3) is 0.636. The molecule has 352 valence electrons. The molecule has 0 saturated carbocycles. The van der Waals surface area contributed by atoms with Crippen LogP contribution in [0.3, 0.4) is 0 Å². The number of carbonyl (C=O) groups is 10. The van der Waals surface area contributed by atoms with E-state index < -0.39 is 66.5 Å². The highest BCUT2D eigenvalue weighted by atomic mass is 16.7. The van der Waals surface area contributed by atoms with Gasteiger partial charge in [0.25, 0.3) is 0 Å². The molecule has 0 aliphatic heterocycles. The fourth-order valence-electron chi connectivity index (χ4n) is 1.83. The van der Waals surface area contributed by atoms with Crippen molar-refractivity contribution in [3.8, 4) is 0 Å². The van der Waals surface area contributed by atoms with Crippen molar-refractivity contribution >= 4 is 72.7 Å². The summed E-state index contributed by atoms with van der Waals surface area (Å²) < 4.78 is 30.4. The van der Waals surface area contributed by atoms with Crippen molar-refractivity contribution in [2.45, 2.75) is 92.9 Å². The van der Waals surface area contributed by atoms with Gasteiger partial charge in [-0.25, -0.2) is 9.59 Å². The Morgan fingerprint density at radius 1 is 0.500 bits per heavy atom. The Bertz CT molecular complexity index is 1090. The largest absolute Gasteiger partial charge is 0.712 e. The Morgan fingerprint density at radius 3 is 1.00 bits per heavy atom. The van der Waals surface area contributed by atoms with Crippen LogP contribution in [0.1, 0.15) is 92.9 Å². The van der Waals surface area contributed by atoms with Crippen LogP contribution in [0, 0.1) is 0 Å². The third-order valence-corrected chi connectivity index (χ3v) is 3.91. The summed E-state index contributed by atoms with van der Waals surface area (Å²) in [5.41, 5.74) is 0. The predicted molar refractivity (Wildman–Crippen MR) is 195 cm³/mol. The average Bonchev–Trinajstić information content (AvgIpc) is 3.14. The zero-order chi connectivity index (χ0) is 48.9. The van der Waals surface area contributed by atoms with E-state index in [1.54, 1.807) is 41.5 Å². The van der Waals surface area contributed by atoms with Gasteiger partial charge in [-0.3, -0.25) is 33.6 Å². The van der Waals surface area contributed by atoms with Crippen molar-refractivity contribution in [3.63, 3.8) is 0 Å². The maximum absolute atomic E-state index is 10.5. The molecule has 0 radical (unpaired) electrons. The molecule has 0 saturated heterocycles. The lowest BCUT2D eigenvalue weighted by Gasteiger charge is -1.98. The Kier molecular flexibility index (Phi) is 69.7. The van der Waals surface area contributed by atoms with Gasteiger partial charge in [0.1, 0.15) is 0 Å². The summed E-state index contributed by atoms with van der Waals surface area (Å²) in [5, 5.41) is 63.8. The van der Waals surface area contributed by atoms with Crippen LogP contribution in [0.25, 0.3) is 0 Å². The van der Waals surface area contributed by atoms with Gasteiger partial charge in [0.05, 0.1) is 71.9 Å². The number of carboxylic acid groups (broad SMARTS) is 6. The molecule has 0 aromatic heterocycles. The van der Waals surface area contributed by atoms with E-state index in [-0.39, 0.29) is 57.7 Å². The van der Waals surface area contributed by atoms with Crippen LogP contribution in [-0.4, -0.2) is 160 Å². The number of hydrogen-bond acceptors (Lipinski definition) is 20. The number of carbonyl (C=O) groups excluding carboxylic acids is 6. The molecular weight excluding hydrogens is 828 g/mol. The number of aliphatic carboxylic acids is 6. The van der Waals surface area contributed by atoms with E-state index in [4.69, 9.17) is 45.3 Å². The van der Waals surface area contributed by atoms with Crippen molar-refractivity contribution < 1.29 is 132 Å². The van der Waals surface area contributed by atoms with Gasteiger partial charge in [0, 0.05) is 12.6 Å². The monoisotopic (exact) mass is 885 g/mol. The molecule has 0 spiro atoms. The van der Waals surface area contributed by atoms with E-state index in [2.05, 4.69) is 33.2 Å². The molecule has 0 fully saturated rings. The minimum Gasteiger partial charge on any atom is -0.665 e. The van der Waals surface area contributed by atoms with Crippen LogP contribution in [-0.2, 0) is 76.3 Å². The van der Waals surface area contributed by atoms with Gasteiger partial charge >= 0.3 is 60.3 Å². The molecule has 27 nitrogen and oxygen atoms in total. The van der Waals surface area contributed by atoms with Crippen molar-refractivity contribution in [1.29, 1.82) is 0 Å². The maximum atomic E-state index is 10.5. The van der Waals surface area contributed by atoms with Crippen molar-refractivity contribution in [3.05, 3.63) is 0 Å². The first-order chi connectivity index (χ1) is 27.9. The van der Waals surface area contributed by atoms with E-state index in [0.717, 1.165) is 7.11 Å². The van der Waals surface area contributed by atoms with Crippen LogP contribution >= 0.6 is 0 Å². The third kappa shape index (κ3) is 110. The van der Waals surface area contributed by atoms with Crippen molar-refractivity contribution in [2.24, 2.45) is 0 Å². The average molecular weight is 886 g/mol. The molecule has 0 aliphatic rings. The van der Waals surface area contributed by atoms with Gasteiger partial charge in [-0.05, 0) is 48.0 Å². The Labute approximate surface area is 344 Å². The molecule has 0 aliphatic carbocycles. The minimum absolute atomic E-state index is 0.0385. The van der Waals surface area contributed by atoms with Crippen LogP contribution in [0.15, 0.2) is 0 Å². The van der Waals surface area contributed by atoms with E-state index in [1.807, 2.05) is 0 Å². The molecule has 0 rings (SSSR count). The summed E-state index contributed by atoms with van der Waals surface area (Å²) in [5.74, 6) is -8.07. The second kappa shape index (κ2) is 58.9. The summed E-state index contributed by atoms with van der Waals surface area (Å²) in [7, 11) is 1.05. The maximum Gasteiger partial charge on any atom is 0.712 e.